The van der Waals surface area contributed by atoms with Crippen molar-refractivity contribution in [2.75, 3.05) is 6.61 Å². The molecule has 2 rings (SSSR count). The minimum Gasteiger partial charge on any atom is -0.444 e. The molecule has 0 aromatic heterocycles. The van der Waals surface area contributed by atoms with Gasteiger partial charge in [-0.3, -0.25) is 0 Å². The molecule has 0 aliphatic carbocycles. The molecule has 2 aromatic carbocycles. The Bertz CT molecular complexity index is 1000. The highest BCUT2D eigenvalue weighted by atomic mass is 28.4. The van der Waals surface area contributed by atoms with Crippen molar-refractivity contribution in [2.45, 2.75) is 84.0 Å². The molecule has 0 saturated heterocycles. The van der Waals surface area contributed by atoms with Crippen LogP contribution in [0.2, 0.25) is 24.7 Å². The lowest BCUT2D eigenvalue weighted by molar-refractivity contribution is 0.0424. The smallest absolute Gasteiger partial charge is 0.408 e. The number of hydrogen-bond acceptors (Lipinski definition) is 4. The molecule has 1 amide bonds. The highest BCUT2D eigenvalue weighted by Crippen LogP contribution is 2.37. The van der Waals surface area contributed by atoms with Crippen molar-refractivity contribution in [3.05, 3.63) is 60.7 Å². The van der Waals surface area contributed by atoms with Gasteiger partial charge in [-0.15, -0.1) is 5.54 Å². The number of ether oxygens (including phenoxy) is 1. The Morgan fingerprint density at radius 2 is 1.39 bits per heavy atom. The van der Waals surface area contributed by atoms with Crippen molar-refractivity contribution >= 4 is 32.9 Å². The molecule has 0 fully saturated rings. The van der Waals surface area contributed by atoms with Crippen molar-refractivity contribution in [2.24, 2.45) is 0 Å². The van der Waals surface area contributed by atoms with Gasteiger partial charge in [0.05, 0.1) is 12.6 Å². The molecule has 2 aromatic rings. The Morgan fingerprint density at radius 3 is 1.75 bits per heavy atom. The van der Waals surface area contributed by atoms with Crippen molar-refractivity contribution in [1.82, 2.24) is 5.32 Å². The molecule has 7 heteroatoms. The minimum atomic E-state index is -2.98. The van der Waals surface area contributed by atoms with Crippen LogP contribution in [0.1, 0.15) is 41.5 Å². The summed E-state index contributed by atoms with van der Waals surface area (Å²) >= 11 is 0. The van der Waals surface area contributed by atoms with Gasteiger partial charge in [0, 0.05) is 0 Å². The summed E-state index contributed by atoms with van der Waals surface area (Å²) in [5, 5.41) is 15.2. The van der Waals surface area contributed by atoms with E-state index < -0.39 is 40.2 Å². The summed E-state index contributed by atoms with van der Waals surface area (Å²) < 4.78 is 12.7. The number of benzene rings is 2. The third-order valence-corrected chi connectivity index (χ3v) is 11.5. The number of hydrogen-bond donors (Lipinski definition) is 2. The van der Waals surface area contributed by atoms with Crippen molar-refractivity contribution < 1.29 is 19.1 Å². The average Bonchev–Trinajstić information content (AvgIpc) is 2.76. The molecule has 5 nitrogen and oxygen atoms in total. The Morgan fingerprint density at radius 1 is 0.917 bits per heavy atom. The molecule has 196 valence electrons. The van der Waals surface area contributed by atoms with Gasteiger partial charge in [0.1, 0.15) is 19.8 Å². The summed E-state index contributed by atoms with van der Waals surface area (Å²) in [6.07, 6.45) is -1.34. The van der Waals surface area contributed by atoms with Crippen LogP contribution >= 0.6 is 0 Å². The number of rotatable bonds is 7. The molecule has 2 unspecified atom stereocenters. The highest BCUT2D eigenvalue weighted by Gasteiger charge is 2.52. The van der Waals surface area contributed by atoms with E-state index in [4.69, 9.17) is 9.16 Å². The molecule has 0 radical (unpaired) electrons. The van der Waals surface area contributed by atoms with Gasteiger partial charge in [-0.2, -0.15) is 0 Å². The first-order valence-electron chi connectivity index (χ1n) is 12.5. The maximum Gasteiger partial charge on any atom is 0.408 e. The van der Waals surface area contributed by atoms with Gasteiger partial charge in [-0.1, -0.05) is 107 Å². The number of nitrogens with one attached hydrogen (secondary N) is 1. The summed E-state index contributed by atoms with van der Waals surface area (Å²) in [6, 6.07) is 19.8. The second kappa shape index (κ2) is 11.8. The van der Waals surface area contributed by atoms with Crippen LogP contribution in [0.4, 0.5) is 4.79 Å². The van der Waals surface area contributed by atoms with E-state index in [0.29, 0.717) is 0 Å². The van der Waals surface area contributed by atoms with Crippen LogP contribution < -0.4 is 15.7 Å². The van der Waals surface area contributed by atoms with Crippen LogP contribution in [0, 0.1) is 11.5 Å². The number of alkyl carbamates (subject to hydrolysis) is 1. The third kappa shape index (κ3) is 8.07. The van der Waals surface area contributed by atoms with Crippen LogP contribution in [-0.4, -0.2) is 51.9 Å². The SMILES string of the molecule is CC(C)(C)OC(=O)NC(CO)C(C#C[Si](C)(C)C)O[Si](c1ccccc1)(c1ccccc1)C(C)(C)C. The topological polar surface area (TPSA) is 67.8 Å². The molecule has 0 aliphatic heterocycles. The largest absolute Gasteiger partial charge is 0.444 e. The fraction of sp³-hybridized carbons (Fsp3) is 0.483. The van der Waals surface area contributed by atoms with Crippen molar-refractivity contribution in [3.8, 4) is 11.5 Å². The minimum absolute atomic E-state index is 0.277. The predicted molar refractivity (Wildman–Crippen MR) is 154 cm³/mol. The number of carbonyl (C=O) groups excluding carboxylic acids is 1. The fourth-order valence-corrected chi connectivity index (χ4v) is 9.25. The normalized spacial score (nSPS) is 14.3. The summed E-state index contributed by atoms with van der Waals surface area (Å²) in [5.74, 6) is 3.34. The average molecular weight is 526 g/mol. The van der Waals surface area contributed by atoms with Gasteiger partial charge >= 0.3 is 6.09 Å². The third-order valence-electron chi connectivity index (χ3n) is 5.57. The van der Waals surface area contributed by atoms with Crippen LogP contribution in [-0.2, 0) is 9.16 Å². The van der Waals surface area contributed by atoms with Gasteiger partial charge in [-0.25, -0.2) is 4.79 Å². The number of carbonyl (C=O) groups is 1. The number of aliphatic hydroxyl groups excluding tert-OH is 1. The van der Waals surface area contributed by atoms with Crippen molar-refractivity contribution in [3.63, 3.8) is 0 Å². The first-order chi connectivity index (χ1) is 16.6. The first-order valence-corrected chi connectivity index (χ1v) is 17.9. The van der Waals surface area contributed by atoms with E-state index in [1.54, 1.807) is 0 Å². The molecule has 36 heavy (non-hydrogen) atoms. The lowest BCUT2D eigenvalue weighted by Crippen LogP contribution is -2.69. The zero-order valence-electron chi connectivity index (χ0n) is 23.3. The zero-order valence-corrected chi connectivity index (χ0v) is 25.3. The van der Waals surface area contributed by atoms with E-state index in [1.165, 1.54) is 0 Å². The summed E-state index contributed by atoms with van der Waals surface area (Å²) in [5.41, 5.74) is 2.75. The molecule has 0 aliphatic rings. The predicted octanol–water partition coefficient (Wildman–Crippen LogP) is 4.70. The van der Waals surface area contributed by atoms with E-state index in [9.17, 15) is 9.90 Å². The van der Waals surface area contributed by atoms with Gasteiger partial charge in [-0.05, 0) is 36.2 Å². The second-order valence-electron chi connectivity index (χ2n) is 12.2. The molecular weight excluding hydrogens is 482 g/mol. The molecule has 0 spiro atoms. The summed E-state index contributed by atoms with van der Waals surface area (Å²) in [6.45, 7) is 18.2. The van der Waals surface area contributed by atoms with Gasteiger partial charge in [0.15, 0.2) is 0 Å². The quantitative estimate of drug-likeness (QED) is 0.406. The van der Waals surface area contributed by atoms with Crippen LogP contribution in [0.15, 0.2) is 60.7 Å². The van der Waals surface area contributed by atoms with Gasteiger partial charge in [0.2, 0.25) is 0 Å². The Kier molecular flexibility index (Phi) is 9.77. The fourth-order valence-electron chi connectivity index (χ4n) is 4.06. The molecule has 2 N–H and O–H groups in total. The van der Waals surface area contributed by atoms with Gasteiger partial charge in [0.25, 0.3) is 8.32 Å². The Hall–Kier alpha value is -2.38. The summed E-state index contributed by atoms with van der Waals surface area (Å²) in [4.78, 5) is 12.7. The van der Waals surface area contributed by atoms with Crippen LogP contribution in [0.3, 0.4) is 0 Å². The maximum absolute atomic E-state index is 12.7. The second-order valence-corrected chi connectivity index (χ2v) is 21.2. The monoisotopic (exact) mass is 525 g/mol. The van der Waals surface area contributed by atoms with Crippen LogP contribution in [0.25, 0.3) is 0 Å². The van der Waals surface area contributed by atoms with E-state index in [1.807, 2.05) is 57.2 Å². The number of aliphatic hydroxyl groups is 1. The van der Waals surface area contributed by atoms with Gasteiger partial charge < -0.3 is 19.6 Å². The molecule has 2 atom stereocenters. The Balaban J connectivity index is 2.70. The molecule has 0 heterocycles. The number of amides is 1. The van der Waals surface area contributed by atoms with E-state index in [2.05, 4.69) is 81.5 Å². The lowest BCUT2D eigenvalue weighted by Gasteiger charge is -2.45. The maximum atomic E-state index is 12.7. The van der Waals surface area contributed by atoms with E-state index in [-0.39, 0.29) is 11.6 Å². The molecule has 0 saturated carbocycles. The van der Waals surface area contributed by atoms with Crippen molar-refractivity contribution in [1.29, 1.82) is 0 Å². The zero-order chi connectivity index (χ0) is 27.2. The molecule has 0 bridgehead atoms. The first kappa shape index (κ1) is 29.9. The summed E-state index contributed by atoms with van der Waals surface area (Å²) in [7, 11) is -4.76. The highest BCUT2D eigenvalue weighted by molar-refractivity contribution is 6.99. The van der Waals surface area contributed by atoms with E-state index in [0.717, 1.165) is 10.4 Å². The van der Waals surface area contributed by atoms with E-state index >= 15 is 0 Å². The molecular formula is C29H43NO4Si2. The lowest BCUT2D eigenvalue weighted by atomic mass is 10.2. The van der Waals surface area contributed by atoms with Crippen LogP contribution in [0.5, 0.6) is 0 Å². The Labute approximate surface area is 219 Å². The standard InChI is InChI=1S/C29H43NO4Si2/c1-28(2,3)33-27(32)30-25(22-31)26(20-21-35(7,8)9)34-36(29(4,5)6,23-16-12-10-13-17-23)24-18-14-11-15-19-24/h10-19,25-26,31H,22H2,1-9H3,(H,30,32).